The molecule has 0 aliphatic heterocycles. The number of ether oxygens (including phenoxy) is 1. The monoisotopic (exact) mass is 255 g/mol. The van der Waals surface area contributed by atoms with E-state index in [4.69, 9.17) is 0 Å². The van der Waals surface area contributed by atoms with Gasteiger partial charge in [-0.25, -0.2) is 9.97 Å². The molecular weight excluding hydrogens is 238 g/mol. The molecule has 0 bridgehead atoms. The molecule has 6 heteroatoms. The lowest BCUT2D eigenvalue weighted by atomic mass is 10.2. The standard InChI is InChI=1S/C11H17N3O2S/c1-4-8-10(12-2)13-7-14-11(8)17-6-5-9(15)16-3/h7H,4-6H2,1-3H3,(H,12,13,14). The average molecular weight is 255 g/mol. The fraction of sp³-hybridized carbons (Fsp3) is 0.545. The van der Waals surface area contributed by atoms with Crippen molar-refractivity contribution in [1.82, 2.24) is 9.97 Å². The SMILES string of the molecule is CCc1c(NC)ncnc1SCCC(=O)OC. The number of aromatic nitrogens is 2. The molecule has 0 amide bonds. The summed E-state index contributed by atoms with van der Waals surface area (Å²) in [5.74, 6) is 1.32. The maximum atomic E-state index is 11.0. The Balaban J connectivity index is 2.67. The summed E-state index contributed by atoms with van der Waals surface area (Å²) in [6.07, 6.45) is 2.78. The first-order valence-corrected chi connectivity index (χ1v) is 6.42. The van der Waals surface area contributed by atoms with Crippen LogP contribution in [0.1, 0.15) is 18.9 Å². The van der Waals surface area contributed by atoms with Gasteiger partial charge in [0.05, 0.1) is 13.5 Å². The van der Waals surface area contributed by atoms with Gasteiger partial charge in [-0.05, 0) is 6.42 Å². The van der Waals surface area contributed by atoms with Crippen molar-refractivity contribution >= 4 is 23.5 Å². The van der Waals surface area contributed by atoms with Gasteiger partial charge in [0, 0.05) is 18.4 Å². The van der Waals surface area contributed by atoms with E-state index in [1.807, 2.05) is 7.05 Å². The van der Waals surface area contributed by atoms with Crippen molar-refractivity contribution in [2.24, 2.45) is 0 Å². The Kier molecular flexibility index (Phi) is 5.76. The lowest BCUT2D eigenvalue weighted by Crippen LogP contribution is -2.04. The molecule has 1 heterocycles. The van der Waals surface area contributed by atoms with Crippen molar-refractivity contribution in [3.8, 4) is 0 Å². The van der Waals surface area contributed by atoms with E-state index in [1.165, 1.54) is 13.4 Å². The van der Waals surface area contributed by atoms with Gasteiger partial charge in [0.25, 0.3) is 0 Å². The maximum absolute atomic E-state index is 11.0. The van der Waals surface area contributed by atoms with Crippen LogP contribution in [0.15, 0.2) is 11.4 Å². The summed E-state index contributed by atoms with van der Waals surface area (Å²) in [6, 6.07) is 0. The topological polar surface area (TPSA) is 64.1 Å². The highest BCUT2D eigenvalue weighted by atomic mass is 32.2. The van der Waals surface area contributed by atoms with E-state index in [-0.39, 0.29) is 5.97 Å². The molecule has 0 radical (unpaired) electrons. The smallest absolute Gasteiger partial charge is 0.306 e. The summed E-state index contributed by atoms with van der Waals surface area (Å²) >= 11 is 1.55. The molecule has 1 rings (SSSR count). The number of thioether (sulfide) groups is 1. The van der Waals surface area contributed by atoms with Gasteiger partial charge in [0.2, 0.25) is 0 Å². The second kappa shape index (κ2) is 7.11. The van der Waals surface area contributed by atoms with Gasteiger partial charge in [-0.2, -0.15) is 0 Å². The molecule has 1 aromatic rings. The van der Waals surface area contributed by atoms with Crippen LogP contribution in [-0.2, 0) is 16.0 Å². The van der Waals surface area contributed by atoms with Crippen LogP contribution >= 0.6 is 11.8 Å². The Hall–Kier alpha value is -1.30. The van der Waals surface area contributed by atoms with Crippen molar-refractivity contribution in [1.29, 1.82) is 0 Å². The molecule has 1 N–H and O–H groups in total. The predicted octanol–water partition coefficient (Wildman–Crippen LogP) is 1.74. The van der Waals surface area contributed by atoms with E-state index < -0.39 is 0 Å². The molecular formula is C11H17N3O2S. The molecule has 0 saturated heterocycles. The van der Waals surface area contributed by atoms with Gasteiger partial charge in [0.15, 0.2) is 0 Å². The number of methoxy groups -OCH3 is 1. The van der Waals surface area contributed by atoms with E-state index in [9.17, 15) is 4.79 Å². The summed E-state index contributed by atoms with van der Waals surface area (Å²) in [5.41, 5.74) is 1.09. The van der Waals surface area contributed by atoms with Crippen molar-refractivity contribution in [3.05, 3.63) is 11.9 Å². The minimum Gasteiger partial charge on any atom is -0.469 e. The average Bonchev–Trinajstić information content (AvgIpc) is 2.37. The number of hydrogen-bond acceptors (Lipinski definition) is 6. The van der Waals surface area contributed by atoms with Crippen molar-refractivity contribution < 1.29 is 9.53 Å². The normalized spacial score (nSPS) is 10.1. The molecule has 1 aromatic heterocycles. The number of nitrogens with zero attached hydrogens (tertiary/aromatic N) is 2. The fourth-order valence-corrected chi connectivity index (χ4v) is 2.39. The molecule has 5 nitrogen and oxygen atoms in total. The molecule has 0 atom stereocenters. The van der Waals surface area contributed by atoms with E-state index in [2.05, 4.69) is 26.9 Å². The van der Waals surface area contributed by atoms with Crippen LogP contribution in [0, 0.1) is 0 Å². The van der Waals surface area contributed by atoms with E-state index in [1.54, 1.807) is 11.8 Å². The van der Waals surface area contributed by atoms with Gasteiger partial charge in [-0.15, -0.1) is 11.8 Å². The van der Waals surface area contributed by atoms with Gasteiger partial charge < -0.3 is 10.1 Å². The largest absolute Gasteiger partial charge is 0.469 e. The van der Waals surface area contributed by atoms with Crippen LogP contribution in [0.25, 0.3) is 0 Å². The van der Waals surface area contributed by atoms with E-state index in [0.717, 1.165) is 22.8 Å². The van der Waals surface area contributed by atoms with Gasteiger partial charge >= 0.3 is 5.97 Å². The summed E-state index contributed by atoms with van der Waals surface area (Å²) in [7, 11) is 3.23. The number of carbonyl (C=O) groups is 1. The zero-order valence-corrected chi connectivity index (χ0v) is 11.1. The Morgan fingerprint density at radius 2 is 2.29 bits per heavy atom. The van der Waals surface area contributed by atoms with Crippen LogP contribution in [0.3, 0.4) is 0 Å². The minimum absolute atomic E-state index is 0.196. The summed E-state index contributed by atoms with van der Waals surface area (Å²) in [5, 5.41) is 3.97. The van der Waals surface area contributed by atoms with Crippen LogP contribution in [0.5, 0.6) is 0 Å². The van der Waals surface area contributed by atoms with Crippen LogP contribution in [-0.4, -0.2) is 35.8 Å². The third-order valence-corrected chi connectivity index (χ3v) is 3.30. The van der Waals surface area contributed by atoms with Gasteiger partial charge in [-0.1, -0.05) is 6.92 Å². The molecule has 0 aromatic carbocycles. The number of nitrogens with one attached hydrogen (secondary N) is 1. The third kappa shape index (κ3) is 3.89. The molecule has 94 valence electrons. The quantitative estimate of drug-likeness (QED) is 0.474. The van der Waals surface area contributed by atoms with Crippen molar-refractivity contribution in [3.63, 3.8) is 0 Å². The Morgan fingerprint density at radius 3 is 2.88 bits per heavy atom. The van der Waals surface area contributed by atoms with Crippen LogP contribution < -0.4 is 5.32 Å². The number of carbonyl (C=O) groups excluding carboxylic acids is 1. The maximum Gasteiger partial charge on any atom is 0.306 e. The minimum atomic E-state index is -0.196. The Labute approximate surface area is 105 Å². The number of hydrogen-bond donors (Lipinski definition) is 1. The fourth-order valence-electron chi connectivity index (χ4n) is 1.39. The molecule has 0 spiro atoms. The van der Waals surface area contributed by atoms with Crippen LogP contribution in [0.2, 0.25) is 0 Å². The summed E-state index contributed by atoms with van der Waals surface area (Å²) < 4.78 is 4.59. The lowest BCUT2D eigenvalue weighted by molar-refractivity contribution is -0.140. The van der Waals surface area contributed by atoms with Gasteiger partial charge in [-0.3, -0.25) is 4.79 Å². The molecule has 0 aliphatic rings. The number of anilines is 1. The zero-order chi connectivity index (χ0) is 12.7. The highest BCUT2D eigenvalue weighted by Gasteiger charge is 2.10. The molecule has 0 aliphatic carbocycles. The molecule has 0 fully saturated rings. The van der Waals surface area contributed by atoms with Crippen molar-refractivity contribution in [2.75, 3.05) is 25.2 Å². The highest BCUT2D eigenvalue weighted by molar-refractivity contribution is 7.99. The second-order valence-corrected chi connectivity index (χ2v) is 4.37. The number of esters is 1. The molecule has 17 heavy (non-hydrogen) atoms. The molecule has 0 saturated carbocycles. The Morgan fingerprint density at radius 1 is 1.53 bits per heavy atom. The lowest BCUT2D eigenvalue weighted by Gasteiger charge is -2.10. The zero-order valence-electron chi connectivity index (χ0n) is 10.3. The first kappa shape index (κ1) is 13.8. The third-order valence-electron chi connectivity index (χ3n) is 2.27. The first-order chi connectivity index (χ1) is 8.22. The van der Waals surface area contributed by atoms with E-state index in [0.29, 0.717) is 12.2 Å². The summed E-state index contributed by atoms with van der Waals surface area (Å²) in [6.45, 7) is 2.06. The Bertz CT molecular complexity index is 385. The van der Waals surface area contributed by atoms with Crippen LogP contribution in [0.4, 0.5) is 5.82 Å². The van der Waals surface area contributed by atoms with Gasteiger partial charge in [0.1, 0.15) is 17.2 Å². The predicted molar refractivity (Wildman–Crippen MR) is 68.3 cm³/mol. The summed E-state index contributed by atoms with van der Waals surface area (Å²) in [4.78, 5) is 19.4. The highest BCUT2D eigenvalue weighted by Crippen LogP contribution is 2.25. The first-order valence-electron chi connectivity index (χ1n) is 5.44. The second-order valence-electron chi connectivity index (χ2n) is 3.28. The van der Waals surface area contributed by atoms with E-state index >= 15 is 0 Å². The molecule has 0 unspecified atom stereocenters. The van der Waals surface area contributed by atoms with Crippen molar-refractivity contribution in [2.45, 2.75) is 24.8 Å². The number of rotatable bonds is 6.